The van der Waals surface area contributed by atoms with Gasteiger partial charge in [0.2, 0.25) is 0 Å². The van der Waals surface area contributed by atoms with Gasteiger partial charge in [0.05, 0.1) is 5.92 Å². The second-order valence-electron chi connectivity index (χ2n) is 7.46. The standard InChI is InChI=1S/C23H27N3O4/c24-23(25)26-14-16-10-12-18(13-11-16)21(27)30-20-9-5-4-8-19(20)22(28)29-15-17-6-2-1-3-7-17/h1-9,16,18H,10-15H2,(H4,24,25,26). The van der Waals surface area contributed by atoms with Crippen molar-refractivity contribution in [2.45, 2.75) is 32.3 Å². The van der Waals surface area contributed by atoms with Gasteiger partial charge in [-0.1, -0.05) is 42.5 Å². The number of carbonyl (C=O) groups is 2. The maximum atomic E-state index is 12.7. The van der Waals surface area contributed by atoms with Gasteiger partial charge in [-0.05, 0) is 49.3 Å². The minimum Gasteiger partial charge on any atom is -0.457 e. The van der Waals surface area contributed by atoms with Crippen LogP contribution in [0, 0.1) is 11.8 Å². The second kappa shape index (κ2) is 10.4. The zero-order valence-corrected chi connectivity index (χ0v) is 16.8. The maximum Gasteiger partial charge on any atom is 0.342 e. The van der Waals surface area contributed by atoms with E-state index in [2.05, 4.69) is 4.99 Å². The molecule has 3 rings (SSSR count). The summed E-state index contributed by atoms with van der Waals surface area (Å²) in [5.41, 5.74) is 11.9. The molecule has 30 heavy (non-hydrogen) atoms. The Morgan fingerprint density at radius 2 is 1.60 bits per heavy atom. The highest BCUT2D eigenvalue weighted by Gasteiger charge is 2.28. The Labute approximate surface area is 176 Å². The smallest absolute Gasteiger partial charge is 0.342 e. The number of aliphatic imine (C=N–C) groups is 1. The Morgan fingerprint density at radius 1 is 0.933 bits per heavy atom. The lowest BCUT2D eigenvalue weighted by molar-refractivity contribution is -0.140. The zero-order valence-electron chi connectivity index (χ0n) is 16.8. The predicted molar refractivity (Wildman–Crippen MR) is 114 cm³/mol. The Morgan fingerprint density at radius 3 is 2.30 bits per heavy atom. The highest BCUT2D eigenvalue weighted by molar-refractivity contribution is 5.93. The number of nitrogens with zero attached hydrogens (tertiary/aromatic N) is 1. The number of esters is 2. The Bertz CT molecular complexity index is 886. The van der Waals surface area contributed by atoms with Crippen LogP contribution in [0.2, 0.25) is 0 Å². The molecule has 158 valence electrons. The molecule has 2 aromatic rings. The second-order valence-corrected chi connectivity index (χ2v) is 7.46. The first-order valence-electron chi connectivity index (χ1n) is 10.1. The summed E-state index contributed by atoms with van der Waals surface area (Å²) >= 11 is 0. The van der Waals surface area contributed by atoms with Crippen LogP contribution >= 0.6 is 0 Å². The fourth-order valence-corrected chi connectivity index (χ4v) is 3.53. The van der Waals surface area contributed by atoms with Crippen LogP contribution in [-0.2, 0) is 16.1 Å². The lowest BCUT2D eigenvalue weighted by atomic mass is 9.82. The molecule has 0 spiro atoms. The van der Waals surface area contributed by atoms with Gasteiger partial charge < -0.3 is 20.9 Å². The highest BCUT2D eigenvalue weighted by atomic mass is 16.5. The molecule has 4 N–H and O–H groups in total. The van der Waals surface area contributed by atoms with Crippen molar-refractivity contribution in [3.8, 4) is 5.75 Å². The molecule has 0 heterocycles. The number of hydrogen-bond donors (Lipinski definition) is 2. The number of nitrogens with two attached hydrogens (primary N) is 2. The van der Waals surface area contributed by atoms with Crippen molar-refractivity contribution >= 4 is 17.9 Å². The topological polar surface area (TPSA) is 117 Å². The number of hydrogen-bond acceptors (Lipinski definition) is 5. The van der Waals surface area contributed by atoms with Crippen molar-refractivity contribution in [2.75, 3.05) is 6.54 Å². The lowest BCUT2D eigenvalue weighted by Gasteiger charge is -2.26. The summed E-state index contributed by atoms with van der Waals surface area (Å²) in [5, 5.41) is 0. The molecule has 7 nitrogen and oxygen atoms in total. The summed E-state index contributed by atoms with van der Waals surface area (Å²) in [6.07, 6.45) is 3.14. The van der Waals surface area contributed by atoms with Gasteiger partial charge in [-0.2, -0.15) is 0 Å². The van der Waals surface area contributed by atoms with E-state index in [1.54, 1.807) is 24.3 Å². The lowest BCUT2D eigenvalue weighted by Crippen LogP contribution is -2.28. The van der Waals surface area contributed by atoms with Crippen molar-refractivity contribution in [1.29, 1.82) is 0 Å². The average molecular weight is 409 g/mol. The molecule has 0 bridgehead atoms. The molecule has 1 aliphatic carbocycles. The van der Waals surface area contributed by atoms with Crippen LogP contribution in [0.1, 0.15) is 41.6 Å². The monoisotopic (exact) mass is 409 g/mol. The average Bonchev–Trinajstić information content (AvgIpc) is 2.77. The number of guanidine groups is 1. The van der Waals surface area contributed by atoms with Gasteiger partial charge in [-0.15, -0.1) is 0 Å². The number of carbonyl (C=O) groups excluding carboxylic acids is 2. The summed E-state index contributed by atoms with van der Waals surface area (Å²) in [4.78, 5) is 29.2. The molecular weight excluding hydrogens is 382 g/mol. The van der Waals surface area contributed by atoms with E-state index in [9.17, 15) is 9.59 Å². The molecule has 0 radical (unpaired) electrons. The molecule has 0 aromatic heterocycles. The van der Waals surface area contributed by atoms with Crippen molar-refractivity contribution in [2.24, 2.45) is 28.3 Å². The molecular formula is C23H27N3O4. The van der Waals surface area contributed by atoms with Gasteiger partial charge in [0.15, 0.2) is 5.96 Å². The highest BCUT2D eigenvalue weighted by Crippen LogP contribution is 2.31. The van der Waals surface area contributed by atoms with E-state index >= 15 is 0 Å². The van der Waals surface area contributed by atoms with E-state index in [0.717, 1.165) is 18.4 Å². The molecule has 1 aliphatic rings. The SMILES string of the molecule is NC(N)=NCC1CCC(C(=O)Oc2ccccc2C(=O)OCc2ccccc2)CC1. The minimum absolute atomic E-state index is 0.0901. The van der Waals surface area contributed by atoms with E-state index in [0.29, 0.717) is 25.3 Å². The Hall–Kier alpha value is -3.35. The summed E-state index contributed by atoms with van der Waals surface area (Å²) < 4.78 is 11.0. The summed E-state index contributed by atoms with van der Waals surface area (Å²) in [6.45, 7) is 0.738. The third-order valence-corrected chi connectivity index (χ3v) is 5.24. The summed E-state index contributed by atoms with van der Waals surface area (Å²) in [7, 11) is 0. The van der Waals surface area contributed by atoms with Gasteiger partial charge in [0.1, 0.15) is 17.9 Å². The molecule has 0 saturated heterocycles. The van der Waals surface area contributed by atoms with E-state index in [1.807, 2.05) is 30.3 Å². The molecule has 0 atom stereocenters. The molecule has 1 fully saturated rings. The maximum absolute atomic E-state index is 12.7. The van der Waals surface area contributed by atoms with E-state index < -0.39 is 5.97 Å². The fraction of sp³-hybridized carbons (Fsp3) is 0.348. The van der Waals surface area contributed by atoms with Gasteiger partial charge in [0, 0.05) is 6.54 Å². The van der Waals surface area contributed by atoms with E-state index in [1.165, 1.54) is 0 Å². The molecule has 0 unspecified atom stereocenters. The van der Waals surface area contributed by atoms with Crippen LogP contribution in [0.25, 0.3) is 0 Å². The van der Waals surface area contributed by atoms with Crippen molar-refractivity contribution in [3.05, 3.63) is 65.7 Å². The van der Waals surface area contributed by atoms with Gasteiger partial charge in [-0.3, -0.25) is 9.79 Å². The van der Waals surface area contributed by atoms with Gasteiger partial charge in [-0.25, -0.2) is 4.79 Å². The van der Waals surface area contributed by atoms with Crippen LogP contribution in [0.3, 0.4) is 0 Å². The first kappa shape index (κ1) is 21.4. The van der Waals surface area contributed by atoms with E-state index in [4.69, 9.17) is 20.9 Å². The number of ether oxygens (including phenoxy) is 2. The molecule has 1 saturated carbocycles. The Kier molecular flexibility index (Phi) is 7.43. The van der Waals surface area contributed by atoms with Crippen molar-refractivity contribution in [1.82, 2.24) is 0 Å². The normalized spacial score (nSPS) is 18.3. The van der Waals surface area contributed by atoms with E-state index in [-0.39, 0.29) is 35.8 Å². The van der Waals surface area contributed by atoms with Crippen LogP contribution in [0.15, 0.2) is 59.6 Å². The fourth-order valence-electron chi connectivity index (χ4n) is 3.53. The van der Waals surface area contributed by atoms with Crippen molar-refractivity contribution < 1.29 is 19.1 Å². The summed E-state index contributed by atoms with van der Waals surface area (Å²) in [5.74, 6) is -0.359. The molecule has 0 amide bonds. The molecule has 2 aromatic carbocycles. The third kappa shape index (κ3) is 6.07. The van der Waals surface area contributed by atoms with Gasteiger partial charge in [0.25, 0.3) is 0 Å². The molecule has 0 aliphatic heterocycles. The summed E-state index contributed by atoms with van der Waals surface area (Å²) in [6, 6.07) is 16.1. The quantitative estimate of drug-likeness (QED) is 0.314. The number of rotatable bonds is 7. The predicted octanol–water partition coefficient (Wildman–Crippen LogP) is 3.03. The minimum atomic E-state index is -0.525. The van der Waals surface area contributed by atoms with Crippen LogP contribution in [0.5, 0.6) is 5.75 Å². The van der Waals surface area contributed by atoms with Crippen LogP contribution < -0.4 is 16.2 Å². The third-order valence-electron chi connectivity index (χ3n) is 5.24. The van der Waals surface area contributed by atoms with Crippen LogP contribution in [-0.4, -0.2) is 24.4 Å². The first-order valence-corrected chi connectivity index (χ1v) is 10.1. The number of para-hydroxylation sites is 1. The zero-order chi connectivity index (χ0) is 21.3. The number of benzene rings is 2. The Balaban J connectivity index is 1.56. The van der Waals surface area contributed by atoms with Crippen LogP contribution in [0.4, 0.5) is 0 Å². The largest absolute Gasteiger partial charge is 0.457 e. The molecule has 7 heteroatoms. The first-order chi connectivity index (χ1) is 14.5. The van der Waals surface area contributed by atoms with Gasteiger partial charge >= 0.3 is 11.9 Å². The van der Waals surface area contributed by atoms with Crippen molar-refractivity contribution in [3.63, 3.8) is 0 Å².